The largest absolute Gasteiger partial charge is 0.458 e. The van der Waals surface area contributed by atoms with Crippen LogP contribution in [0.4, 0.5) is 0 Å². The fourth-order valence-corrected chi connectivity index (χ4v) is 5.35. The summed E-state index contributed by atoms with van der Waals surface area (Å²) in [5.74, 6) is -1.52. The van der Waals surface area contributed by atoms with Crippen molar-refractivity contribution in [3.63, 3.8) is 0 Å². The third kappa shape index (κ3) is 6.53. The molecule has 0 aromatic carbocycles. The summed E-state index contributed by atoms with van der Waals surface area (Å²) in [6, 6.07) is 0. The number of carbonyl (C=O) groups excluding carboxylic acids is 2. The van der Waals surface area contributed by atoms with Gasteiger partial charge in [-0.15, -0.1) is 11.3 Å². The average Bonchev–Trinajstić information content (AvgIpc) is 3.38. The van der Waals surface area contributed by atoms with Gasteiger partial charge in [0.1, 0.15) is 11.9 Å². The van der Waals surface area contributed by atoms with Crippen molar-refractivity contribution < 1.29 is 29.3 Å². The van der Waals surface area contributed by atoms with Gasteiger partial charge < -0.3 is 19.7 Å². The van der Waals surface area contributed by atoms with Gasteiger partial charge in [0.2, 0.25) is 0 Å². The maximum atomic E-state index is 13.2. The minimum atomic E-state index is -1.22. The Hall–Kier alpha value is -1.61. The summed E-state index contributed by atoms with van der Waals surface area (Å²) >= 11 is 1.56. The third-order valence-corrected chi connectivity index (χ3v) is 8.20. The second-order valence-electron chi connectivity index (χ2n) is 10.6. The molecule has 7 atom stereocenters. The lowest BCUT2D eigenvalue weighted by molar-refractivity contribution is -0.154. The summed E-state index contributed by atoms with van der Waals surface area (Å²) in [5, 5.41) is 24.5. The van der Waals surface area contributed by atoms with Gasteiger partial charge in [0, 0.05) is 17.7 Å². The van der Waals surface area contributed by atoms with E-state index in [2.05, 4.69) is 4.98 Å². The Bertz CT molecular complexity index is 909. The zero-order valence-corrected chi connectivity index (χ0v) is 21.9. The molecule has 8 heteroatoms. The van der Waals surface area contributed by atoms with Crippen molar-refractivity contribution >= 4 is 29.2 Å². The molecule has 0 bridgehead atoms. The zero-order valence-electron chi connectivity index (χ0n) is 21.1. The van der Waals surface area contributed by atoms with Crippen LogP contribution in [0.2, 0.25) is 0 Å². The van der Waals surface area contributed by atoms with Gasteiger partial charge in [-0.3, -0.25) is 9.59 Å². The highest BCUT2D eigenvalue weighted by atomic mass is 32.1. The van der Waals surface area contributed by atoms with Crippen molar-refractivity contribution in [2.24, 2.45) is 17.3 Å². The van der Waals surface area contributed by atoms with Gasteiger partial charge in [-0.1, -0.05) is 34.1 Å². The highest BCUT2D eigenvalue weighted by molar-refractivity contribution is 7.09. The molecule has 1 aromatic rings. The summed E-state index contributed by atoms with van der Waals surface area (Å²) in [7, 11) is 0. The van der Waals surface area contributed by atoms with E-state index in [9.17, 15) is 19.8 Å². The third-order valence-electron chi connectivity index (χ3n) is 7.41. The van der Waals surface area contributed by atoms with Crippen molar-refractivity contribution in [1.29, 1.82) is 0 Å². The van der Waals surface area contributed by atoms with Crippen LogP contribution in [0.1, 0.15) is 77.4 Å². The van der Waals surface area contributed by atoms with Crippen molar-refractivity contribution in [2.45, 2.75) is 104 Å². The molecule has 2 aliphatic heterocycles. The second kappa shape index (κ2) is 11.0. The lowest BCUT2D eigenvalue weighted by Gasteiger charge is -2.34. The summed E-state index contributed by atoms with van der Waals surface area (Å²) in [6.07, 6.45) is 2.28. The van der Waals surface area contributed by atoms with E-state index in [4.69, 9.17) is 9.47 Å². The first-order chi connectivity index (χ1) is 15.9. The molecule has 0 saturated carbocycles. The molecule has 1 aromatic heterocycles. The minimum Gasteiger partial charge on any atom is -0.458 e. The number of ketones is 1. The first-order valence-electron chi connectivity index (χ1n) is 12.3. The van der Waals surface area contributed by atoms with E-state index in [1.165, 1.54) is 0 Å². The number of ether oxygens (including phenoxy) is 2. The van der Waals surface area contributed by atoms with Crippen LogP contribution in [-0.4, -0.2) is 57.5 Å². The number of aliphatic hydroxyl groups is 2. The molecule has 190 valence electrons. The monoisotopic (exact) mass is 493 g/mol. The van der Waals surface area contributed by atoms with E-state index in [1.54, 1.807) is 32.1 Å². The van der Waals surface area contributed by atoms with Crippen LogP contribution in [-0.2, 0) is 19.1 Å². The Morgan fingerprint density at radius 3 is 2.56 bits per heavy atom. The van der Waals surface area contributed by atoms with Crippen molar-refractivity contribution in [1.82, 2.24) is 4.98 Å². The predicted molar refractivity (Wildman–Crippen MR) is 131 cm³/mol. The van der Waals surface area contributed by atoms with E-state index in [0.717, 1.165) is 35.5 Å². The van der Waals surface area contributed by atoms with Crippen molar-refractivity contribution in [3.8, 4) is 0 Å². The molecule has 0 spiro atoms. The number of nitrogens with zero attached hydrogens (tertiary/aromatic N) is 1. The normalized spacial score (nSPS) is 36.0. The Labute approximate surface area is 206 Å². The molecular weight excluding hydrogens is 454 g/mol. The number of aliphatic hydroxyl groups excluding tert-OH is 2. The first kappa shape index (κ1) is 27.0. The molecule has 2 saturated heterocycles. The maximum absolute atomic E-state index is 13.2. The lowest BCUT2D eigenvalue weighted by atomic mass is 9.73. The number of fused-ring (bicyclic) bond motifs is 1. The lowest BCUT2D eigenvalue weighted by Crippen LogP contribution is -2.45. The minimum absolute atomic E-state index is 0.00770. The predicted octanol–water partition coefficient (Wildman–Crippen LogP) is 4.09. The van der Waals surface area contributed by atoms with Crippen LogP contribution in [0.5, 0.6) is 0 Å². The van der Waals surface area contributed by atoms with Crippen molar-refractivity contribution in [3.05, 3.63) is 21.7 Å². The Morgan fingerprint density at radius 2 is 1.91 bits per heavy atom. The molecule has 0 amide bonds. The summed E-state index contributed by atoms with van der Waals surface area (Å²) < 4.78 is 11.7. The van der Waals surface area contributed by atoms with Gasteiger partial charge in [-0.05, 0) is 44.3 Å². The van der Waals surface area contributed by atoms with Crippen molar-refractivity contribution in [2.75, 3.05) is 0 Å². The Balaban J connectivity index is 1.81. The smallest absolute Gasteiger partial charge is 0.309 e. The van der Waals surface area contributed by atoms with Gasteiger partial charge in [0.15, 0.2) is 0 Å². The average molecular weight is 494 g/mol. The zero-order chi connectivity index (χ0) is 25.2. The Morgan fingerprint density at radius 1 is 1.21 bits per heavy atom. The highest BCUT2D eigenvalue weighted by Crippen LogP contribution is 2.36. The number of esters is 1. The number of rotatable bonds is 2. The van der Waals surface area contributed by atoms with Gasteiger partial charge in [0.05, 0.1) is 47.0 Å². The van der Waals surface area contributed by atoms with Crippen LogP contribution >= 0.6 is 11.3 Å². The Kier molecular flexibility index (Phi) is 8.71. The van der Waals surface area contributed by atoms with Gasteiger partial charge in [-0.2, -0.15) is 0 Å². The molecule has 3 rings (SSSR count). The molecule has 7 nitrogen and oxygen atoms in total. The molecule has 3 unspecified atom stereocenters. The van der Waals surface area contributed by atoms with Gasteiger partial charge >= 0.3 is 5.97 Å². The fraction of sp³-hybridized carbons (Fsp3) is 0.731. The number of Topliss-reactive ketones (excluding diaryl/α,β-unsaturated/α-hetero) is 1. The van der Waals surface area contributed by atoms with Gasteiger partial charge in [-0.25, -0.2) is 4.98 Å². The topological polar surface area (TPSA) is 109 Å². The maximum Gasteiger partial charge on any atom is 0.309 e. The van der Waals surface area contributed by atoms with Crippen LogP contribution in [0.15, 0.2) is 11.0 Å². The molecule has 0 aliphatic carbocycles. The number of hydrogen-bond acceptors (Lipinski definition) is 8. The molecule has 2 N–H and O–H groups in total. The number of thiazole rings is 1. The number of aromatic nitrogens is 1. The summed E-state index contributed by atoms with van der Waals surface area (Å²) in [5.41, 5.74) is 0.494. The molecule has 0 radical (unpaired) electrons. The SMILES string of the molecule is C/C(=C\c1csc(C)n1)C1CC2OC2CCC[C@H](C)[C@H](O)[C@@H](C)C(=O)C(C)(C)[C@@H](O)CC(=O)O1. The number of cyclic esters (lactones) is 1. The standard InChI is InChI=1S/C26H39NO6S/c1-14-8-7-9-19-21(32-19)11-20(15(2)10-18-13-34-17(4)27-18)33-23(29)12-22(28)26(5,6)25(31)16(3)24(14)30/h10,13-14,16,19-22,24,28,30H,7-9,11-12H2,1-6H3/b15-10+/t14-,16+,19?,20?,21?,22-,24-/m0/s1. The van der Waals surface area contributed by atoms with Gasteiger partial charge in [0.25, 0.3) is 0 Å². The quantitative estimate of drug-likeness (QED) is 0.472. The fourth-order valence-electron chi connectivity index (χ4n) is 4.78. The molecule has 34 heavy (non-hydrogen) atoms. The first-order valence-corrected chi connectivity index (χ1v) is 13.1. The molecule has 3 heterocycles. The van der Waals surface area contributed by atoms with E-state index in [0.29, 0.717) is 6.42 Å². The summed E-state index contributed by atoms with van der Waals surface area (Å²) in [4.78, 5) is 30.5. The van der Waals surface area contributed by atoms with Crippen LogP contribution in [0, 0.1) is 24.2 Å². The number of epoxide rings is 1. The number of aryl methyl sites for hydroxylation is 1. The van der Waals surface area contributed by atoms with E-state index in [-0.39, 0.29) is 30.3 Å². The molecule has 2 aliphatic rings. The van der Waals surface area contributed by atoms with Crippen LogP contribution < -0.4 is 0 Å². The summed E-state index contributed by atoms with van der Waals surface area (Å²) in [6.45, 7) is 10.8. The highest BCUT2D eigenvalue weighted by Gasteiger charge is 2.44. The number of hydrogen-bond donors (Lipinski definition) is 2. The van der Waals surface area contributed by atoms with E-state index >= 15 is 0 Å². The molecule has 2 fully saturated rings. The van der Waals surface area contributed by atoms with Crippen LogP contribution in [0.25, 0.3) is 6.08 Å². The van der Waals surface area contributed by atoms with Crippen LogP contribution in [0.3, 0.4) is 0 Å². The van der Waals surface area contributed by atoms with E-state index in [1.807, 2.05) is 32.2 Å². The van der Waals surface area contributed by atoms with E-state index < -0.39 is 35.6 Å². The number of carbonyl (C=O) groups is 2. The molecular formula is C26H39NO6S. The second-order valence-corrected chi connectivity index (χ2v) is 11.7.